The number of amides is 1. The van der Waals surface area contributed by atoms with Crippen molar-refractivity contribution in [3.8, 4) is 0 Å². The minimum Gasteiger partial charge on any atom is -0.354 e. The molecule has 1 aromatic rings. The Hall–Kier alpha value is -1.13. The van der Waals surface area contributed by atoms with Crippen LogP contribution >= 0.6 is 12.4 Å². The molecule has 3 N–H and O–H groups in total. The van der Waals surface area contributed by atoms with Crippen LogP contribution in [0.4, 0.5) is 4.39 Å². The molecule has 1 amide bonds. The number of hydrogen-bond acceptors (Lipinski definition) is 2. The molecule has 3 nitrogen and oxygen atoms in total. The smallest absolute Gasteiger partial charge is 0.220 e. The highest BCUT2D eigenvalue weighted by molar-refractivity contribution is 5.85. The van der Waals surface area contributed by atoms with Crippen molar-refractivity contribution < 1.29 is 9.18 Å². The summed E-state index contributed by atoms with van der Waals surface area (Å²) in [5, 5.41) is 2.81. The normalized spacial score (nSPS) is 12.4. The summed E-state index contributed by atoms with van der Waals surface area (Å²) in [6.07, 6.45) is 1.11. The third-order valence-electron chi connectivity index (χ3n) is 2.75. The maximum atomic E-state index is 13.0. The molecule has 0 aliphatic carbocycles. The Labute approximate surface area is 126 Å². The van der Waals surface area contributed by atoms with E-state index in [1.165, 1.54) is 12.1 Å². The molecular formula is C15H24ClFN2O. The maximum Gasteiger partial charge on any atom is 0.220 e. The molecule has 0 fully saturated rings. The van der Waals surface area contributed by atoms with E-state index in [0.29, 0.717) is 19.4 Å². The van der Waals surface area contributed by atoms with Crippen molar-refractivity contribution in [3.05, 3.63) is 35.6 Å². The molecule has 1 aromatic carbocycles. The third kappa shape index (κ3) is 8.12. The molecule has 0 saturated heterocycles. The lowest BCUT2D eigenvalue weighted by molar-refractivity contribution is -0.122. The highest BCUT2D eigenvalue weighted by Crippen LogP contribution is 2.13. The van der Waals surface area contributed by atoms with Gasteiger partial charge in [-0.15, -0.1) is 12.4 Å². The van der Waals surface area contributed by atoms with Crippen molar-refractivity contribution in [3.63, 3.8) is 0 Å². The zero-order chi connectivity index (χ0) is 14.5. The molecule has 0 aromatic heterocycles. The van der Waals surface area contributed by atoms with Gasteiger partial charge in [0.1, 0.15) is 5.82 Å². The van der Waals surface area contributed by atoms with Gasteiger partial charge in [-0.3, -0.25) is 4.79 Å². The SMILES string of the molecule is CC(CC(=O)NCC(C)(C)N)Cc1cccc(F)c1.Cl. The van der Waals surface area contributed by atoms with Gasteiger partial charge in [-0.1, -0.05) is 19.1 Å². The van der Waals surface area contributed by atoms with E-state index >= 15 is 0 Å². The Bertz CT molecular complexity index is 432. The predicted octanol–water partition coefficient (Wildman–Crippen LogP) is 2.67. The molecule has 0 saturated carbocycles. The van der Waals surface area contributed by atoms with Crippen molar-refractivity contribution in [2.75, 3.05) is 6.54 Å². The van der Waals surface area contributed by atoms with Crippen molar-refractivity contribution in [2.24, 2.45) is 11.7 Å². The second kappa shape index (κ2) is 8.22. The summed E-state index contributed by atoms with van der Waals surface area (Å²) in [6, 6.07) is 6.50. The van der Waals surface area contributed by atoms with Crippen molar-refractivity contribution in [1.29, 1.82) is 0 Å². The fourth-order valence-corrected chi connectivity index (χ4v) is 1.85. The molecule has 0 aliphatic rings. The fourth-order valence-electron chi connectivity index (χ4n) is 1.85. The second-order valence-electron chi connectivity index (χ2n) is 5.91. The molecule has 0 heterocycles. The number of nitrogens with one attached hydrogen (secondary N) is 1. The van der Waals surface area contributed by atoms with Crippen molar-refractivity contribution in [1.82, 2.24) is 5.32 Å². The summed E-state index contributed by atoms with van der Waals surface area (Å²) in [4.78, 5) is 11.7. The number of carbonyl (C=O) groups excluding carboxylic acids is 1. The van der Waals surface area contributed by atoms with Gasteiger partial charge >= 0.3 is 0 Å². The highest BCUT2D eigenvalue weighted by atomic mass is 35.5. The van der Waals surface area contributed by atoms with E-state index in [0.717, 1.165) is 5.56 Å². The second-order valence-corrected chi connectivity index (χ2v) is 5.91. The molecule has 1 atom stereocenters. The number of nitrogens with two attached hydrogens (primary N) is 1. The predicted molar refractivity (Wildman–Crippen MR) is 82.4 cm³/mol. The fraction of sp³-hybridized carbons (Fsp3) is 0.533. The number of benzene rings is 1. The van der Waals surface area contributed by atoms with Gasteiger partial charge in [0.15, 0.2) is 0 Å². The van der Waals surface area contributed by atoms with Gasteiger partial charge in [-0.25, -0.2) is 4.39 Å². The van der Waals surface area contributed by atoms with E-state index in [9.17, 15) is 9.18 Å². The van der Waals surface area contributed by atoms with Gasteiger partial charge in [0, 0.05) is 18.5 Å². The molecule has 1 rings (SSSR count). The van der Waals surface area contributed by atoms with Gasteiger partial charge in [0.25, 0.3) is 0 Å². The van der Waals surface area contributed by atoms with Crippen molar-refractivity contribution >= 4 is 18.3 Å². The Morgan fingerprint density at radius 2 is 2.10 bits per heavy atom. The monoisotopic (exact) mass is 302 g/mol. The molecule has 0 bridgehead atoms. The summed E-state index contributed by atoms with van der Waals surface area (Å²) >= 11 is 0. The molecular weight excluding hydrogens is 279 g/mol. The van der Waals surface area contributed by atoms with Gasteiger partial charge < -0.3 is 11.1 Å². The molecule has 0 spiro atoms. The van der Waals surface area contributed by atoms with Crippen LogP contribution in [-0.4, -0.2) is 18.0 Å². The van der Waals surface area contributed by atoms with Crippen LogP contribution in [0.1, 0.15) is 32.8 Å². The molecule has 1 unspecified atom stereocenters. The van der Waals surface area contributed by atoms with Gasteiger partial charge in [-0.2, -0.15) is 0 Å². The Morgan fingerprint density at radius 1 is 1.45 bits per heavy atom. The largest absolute Gasteiger partial charge is 0.354 e. The van der Waals surface area contributed by atoms with Crippen molar-refractivity contribution in [2.45, 2.75) is 39.2 Å². The van der Waals surface area contributed by atoms with Crippen LogP contribution in [0.2, 0.25) is 0 Å². The third-order valence-corrected chi connectivity index (χ3v) is 2.75. The summed E-state index contributed by atoms with van der Waals surface area (Å²) in [6.45, 7) is 6.17. The van der Waals surface area contributed by atoms with Crippen LogP contribution in [0.15, 0.2) is 24.3 Å². The molecule has 0 radical (unpaired) electrons. The summed E-state index contributed by atoms with van der Waals surface area (Å²) in [7, 11) is 0. The first kappa shape index (κ1) is 18.9. The average Bonchev–Trinajstić information content (AvgIpc) is 2.25. The molecule has 5 heteroatoms. The lowest BCUT2D eigenvalue weighted by Crippen LogP contribution is -2.45. The minimum absolute atomic E-state index is 0. The summed E-state index contributed by atoms with van der Waals surface area (Å²) in [5.74, 6) is -0.0795. The highest BCUT2D eigenvalue weighted by Gasteiger charge is 2.14. The zero-order valence-electron chi connectivity index (χ0n) is 12.3. The summed E-state index contributed by atoms with van der Waals surface area (Å²) in [5.41, 5.74) is 6.31. The van der Waals surface area contributed by atoms with Crippen LogP contribution in [0.25, 0.3) is 0 Å². The Balaban J connectivity index is 0.00000361. The van der Waals surface area contributed by atoms with Crippen LogP contribution in [-0.2, 0) is 11.2 Å². The first-order valence-electron chi connectivity index (χ1n) is 6.56. The number of hydrogen-bond donors (Lipinski definition) is 2. The Morgan fingerprint density at radius 3 is 2.65 bits per heavy atom. The standard InChI is InChI=1S/C15H23FN2O.ClH/c1-11(7-12-5-4-6-13(16)9-12)8-14(19)18-10-15(2,3)17;/h4-6,9,11H,7-8,10,17H2,1-3H3,(H,18,19);1H. The summed E-state index contributed by atoms with van der Waals surface area (Å²) < 4.78 is 13.0. The number of halogens is 2. The van der Waals surface area contributed by atoms with Crippen LogP contribution in [0, 0.1) is 11.7 Å². The Kier molecular flexibility index (Phi) is 7.76. The lowest BCUT2D eigenvalue weighted by Gasteiger charge is -2.19. The minimum atomic E-state index is -0.401. The van der Waals surface area contributed by atoms with E-state index in [4.69, 9.17) is 5.73 Å². The first-order valence-corrected chi connectivity index (χ1v) is 6.56. The quantitative estimate of drug-likeness (QED) is 0.849. The van der Waals surface area contributed by atoms with Crippen LogP contribution < -0.4 is 11.1 Å². The van der Waals surface area contributed by atoms with Crippen LogP contribution in [0.5, 0.6) is 0 Å². The van der Waals surface area contributed by atoms with Gasteiger partial charge in [-0.05, 0) is 43.9 Å². The number of rotatable bonds is 6. The molecule has 0 aliphatic heterocycles. The maximum absolute atomic E-state index is 13.0. The average molecular weight is 303 g/mol. The first-order chi connectivity index (χ1) is 8.76. The molecule has 20 heavy (non-hydrogen) atoms. The number of carbonyl (C=O) groups is 1. The van der Waals surface area contributed by atoms with E-state index in [1.807, 2.05) is 26.8 Å². The van der Waals surface area contributed by atoms with E-state index in [-0.39, 0.29) is 30.0 Å². The van der Waals surface area contributed by atoms with Crippen LogP contribution in [0.3, 0.4) is 0 Å². The zero-order valence-corrected chi connectivity index (χ0v) is 13.1. The molecule has 114 valence electrons. The lowest BCUT2D eigenvalue weighted by atomic mass is 9.97. The van der Waals surface area contributed by atoms with Gasteiger partial charge in [0.2, 0.25) is 5.91 Å². The van der Waals surface area contributed by atoms with E-state index in [2.05, 4.69) is 5.32 Å². The topological polar surface area (TPSA) is 55.1 Å². The van der Waals surface area contributed by atoms with Gasteiger partial charge in [0.05, 0.1) is 0 Å². The van der Waals surface area contributed by atoms with E-state index < -0.39 is 5.54 Å². The van der Waals surface area contributed by atoms with E-state index in [1.54, 1.807) is 6.07 Å².